The molecule has 0 spiro atoms. The van der Waals surface area contributed by atoms with Crippen molar-refractivity contribution in [3.63, 3.8) is 0 Å². The number of rotatable bonds is 2. The molecule has 2 atom stereocenters. The zero-order valence-corrected chi connectivity index (χ0v) is 10.8. The summed E-state index contributed by atoms with van der Waals surface area (Å²) in [5.74, 6) is 0.120. The van der Waals surface area contributed by atoms with Crippen LogP contribution in [0.4, 0.5) is 5.69 Å². The van der Waals surface area contributed by atoms with Crippen LogP contribution >= 0.6 is 0 Å². The fourth-order valence-electron chi connectivity index (χ4n) is 2.62. The first kappa shape index (κ1) is 12.6. The van der Waals surface area contributed by atoms with Gasteiger partial charge in [-0.1, -0.05) is 32.9 Å². The molecule has 0 amide bonds. The van der Waals surface area contributed by atoms with Crippen molar-refractivity contribution >= 4 is 5.69 Å². The minimum Gasteiger partial charge on any atom is -0.309 e. The first-order chi connectivity index (χ1) is 8.32. The van der Waals surface area contributed by atoms with E-state index in [1.807, 2.05) is 6.07 Å². The van der Waals surface area contributed by atoms with E-state index in [2.05, 4.69) is 25.6 Å². The molecule has 1 aliphatic carbocycles. The van der Waals surface area contributed by atoms with Crippen LogP contribution in [0.5, 0.6) is 0 Å². The highest BCUT2D eigenvalue weighted by atomic mass is 16.6. The topological polar surface area (TPSA) is 47.5 Å². The summed E-state index contributed by atoms with van der Waals surface area (Å²) in [4.78, 5) is 14.2. The van der Waals surface area contributed by atoms with Gasteiger partial charge in [0.05, 0.1) is 10.8 Å². The maximum Gasteiger partial charge on any atom is 0.269 e. The Morgan fingerprint density at radius 3 is 2.61 bits per heavy atom. The number of nitro benzene ring substituents is 1. The van der Waals surface area contributed by atoms with E-state index in [0.29, 0.717) is 0 Å². The van der Waals surface area contributed by atoms with E-state index in [9.17, 15) is 10.1 Å². The summed E-state index contributed by atoms with van der Waals surface area (Å²) < 4.78 is 0. The Kier molecular flexibility index (Phi) is 2.66. The molecule has 94 valence electrons. The first-order valence-corrected chi connectivity index (χ1v) is 5.95. The van der Waals surface area contributed by atoms with Gasteiger partial charge in [0.2, 0.25) is 5.54 Å². The lowest BCUT2D eigenvalue weighted by Crippen LogP contribution is -2.26. The van der Waals surface area contributed by atoms with Crippen LogP contribution < -0.4 is 0 Å². The number of nitro groups is 1. The zero-order valence-electron chi connectivity index (χ0n) is 10.8. The highest BCUT2D eigenvalue weighted by molar-refractivity contribution is 5.44. The van der Waals surface area contributed by atoms with Crippen molar-refractivity contribution in [1.82, 2.24) is 0 Å². The van der Waals surface area contributed by atoms with Crippen molar-refractivity contribution in [1.29, 1.82) is 0 Å². The van der Waals surface area contributed by atoms with Crippen LogP contribution in [-0.4, -0.2) is 10.5 Å². The molecular formula is C14H16N2O2. The molecule has 1 aromatic carbocycles. The molecule has 18 heavy (non-hydrogen) atoms. The van der Waals surface area contributed by atoms with Gasteiger partial charge in [-0.3, -0.25) is 10.1 Å². The standard InChI is InChI=1S/C14H16N2O2/c1-13(2,3)14(15-4)9-12(14)10-6-5-7-11(8-10)16(17)18/h5-8,12H,9H2,1-3H3/t12-,14-/m0/s1. The van der Waals surface area contributed by atoms with Gasteiger partial charge in [0, 0.05) is 24.0 Å². The normalized spacial score (nSPS) is 26.4. The summed E-state index contributed by atoms with van der Waals surface area (Å²) in [5.41, 5.74) is 0.508. The van der Waals surface area contributed by atoms with E-state index < -0.39 is 5.54 Å². The summed E-state index contributed by atoms with van der Waals surface area (Å²) in [6, 6.07) is 6.67. The number of benzene rings is 1. The van der Waals surface area contributed by atoms with Gasteiger partial charge in [-0.15, -0.1) is 0 Å². The van der Waals surface area contributed by atoms with E-state index in [1.54, 1.807) is 12.1 Å². The minimum absolute atomic E-state index is 0.104. The summed E-state index contributed by atoms with van der Waals surface area (Å²) in [6.07, 6.45) is 0.793. The second-order valence-electron chi connectivity index (χ2n) is 5.89. The first-order valence-electron chi connectivity index (χ1n) is 5.95. The maximum atomic E-state index is 10.8. The third-order valence-corrected chi connectivity index (χ3v) is 3.91. The monoisotopic (exact) mass is 244 g/mol. The lowest BCUT2D eigenvalue weighted by Gasteiger charge is -2.21. The minimum atomic E-state index is -0.401. The molecule has 4 heteroatoms. The fourth-order valence-corrected chi connectivity index (χ4v) is 2.62. The smallest absolute Gasteiger partial charge is 0.269 e. The lowest BCUT2D eigenvalue weighted by atomic mass is 9.82. The van der Waals surface area contributed by atoms with Crippen molar-refractivity contribution in [3.05, 3.63) is 51.4 Å². The van der Waals surface area contributed by atoms with Gasteiger partial charge in [-0.25, -0.2) is 6.57 Å². The number of hydrogen-bond donors (Lipinski definition) is 0. The van der Waals surface area contributed by atoms with E-state index in [0.717, 1.165) is 12.0 Å². The summed E-state index contributed by atoms with van der Waals surface area (Å²) >= 11 is 0. The Morgan fingerprint density at radius 1 is 1.50 bits per heavy atom. The molecule has 0 unspecified atom stereocenters. The summed E-state index contributed by atoms with van der Waals surface area (Å²) in [5, 5.41) is 10.8. The van der Waals surface area contributed by atoms with Crippen LogP contribution in [0.25, 0.3) is 4.85 Å². The van der Waals surface area contributed by atoms with Gasteiger partial charge < -0.3 is 4.85 Å². The van der Waals surface area contributed by atoms with Gasteiger partial charge >= 0.3 is 0 Å². The number of non-ortho nitro benzene ring substituents is 1. The van der Waals surface area contributed by atoms with Crippen LogP contribution in [0, 0.1) is 22.1 Å². The molecule has 2 rings (SSSR count). The van der Waals surface area contributed by atoms with Crippen LogP contribution in [-0.2, 0) is 0 Å². The van der Waals surface area contributed by atoms with E-state index >= 15 is 0 Å². The highest BCUT2D eigenvalue weighted by Gasteiger charge is 2.69. The van der Waals surface area contributed by atoms with Crippen molar-refractivity contribution in [3.8, 4) is 0 Å². The van der Waals surface area contributed by atoms with Gasteiger partial charge in [0.25, 0.3) is 5.69 Å². The van der Waals surface area contributed by atoms with Crippen LogP contribution in [0.3, 0.4) is 0 Å². The van der Waals surface area contributed by atoms with E-state index in [-0.39, 0.29) is 21.9 Å². The van der Waals surface area contributed by atoms with Crippen LogP contribution in [0.15, 0.2) is 24.3 Å². The Balaban J connectivity index is 2.34. The molecule has 0 saturated heterocycles. The molecule has 1 aromatic rings. The summed E-state index contributed by atoms with van der Waals surface area (Å²) in [7, 11) is 0. The van der Waals surface area contributed by atoms with Gasteiger partial charge in [0.1, 0.15) is 0 Å². The van der Waals surface area contributed by atoms with Crippen molar-refractivity contribution in [2.45, 2.75) is 38.6 Å². The molecule has 0 bridgehead atoms. The third kappa shape index (κ3) is 1.76. The molecule has 0 heterocycles. The largest absolute Gasteiger partial charge is 0.309 e. The Morgan fingerprint density at radius 2 is 2.17 bits per heavy atom. The second kappa shape index (κ2) is 3.81. The van der Waals surface area contributed by atoms with Gasteiger partial charge in [-0.05, 0) is 5.56 Å². The molecule has 0 aliphatic heterocycles. The molecule has 0 aromatic heterocycles. The van der Waals surface area contributed by atoms with Crippen molar-refractivity contribution in [2.75, 3.05) is 0 Å². The fraction of sp³-hybridized carbons (Fsp3) is 0.500. The maximum absolute atomic E-state index is 10.8. The summed E-state index contributed by atoms with van der Waals surface area (Å²) in [6.45, 7) is 13.6. The molecule has 0 radical (unpaired) electrons. The predicted molar refractivity (Wildman–Crippen MR) is 69.2 cm³/mol. The lowest BCUT2D eigenvalue weighted by molar-refractivity contribution is -0.384. The Hall–Kier alpha value is -1.89. The van der Waals surface area contributed by atoms with Crippen LogP contribution in [0.2, 0.25) is 0 Å². The average molecular weight is 244 g/mol. The second-order valence-corrected chi connectivity index (χ2v) is 5.89. The zero-order chi connectivity index (χ0) is 13.6. The van der Waals surface area contributed by atoms with Crippen molar-refractivity contribution in [2.24, 2.45) is 5.41 Å². The SMILES string of the molecule is [C-]#[N+][C@@]1(C(C)(C)C)C[C@H]1c1cccc([N+](=O)[O-])c1. The van der Waals surface area contributed by atoms with Gasteiger partial charge in [-0.2, -0.15) is 0 Å². The molecule has 4 nitrogen and oxygen atoms in total. The number of hydrogen-bond acceptors (Lipinski definition) is 2. The highest BCUT2D eigenvalue weighted by Crippen LogP contribution is 2.63. The Labute approximate surface area is 107 Å². The quantitative estimate of drug-likeness (QED) is 0.451. The molecule has 0 N–H and O–H groups in total. The molecule has 1 fully saturated rings. The third-order valence-electron chi connectivity index (χ3n) is 3.91. The van der Waals surface area contributed by atoms with Crippen molar-refractivity contribution < 1.29 is 4.92 Å². The molecule has 1 saturated carbocycles. The Bertz CT molecular complexity index is 539. The molecule has 1 aliphatic rings. The van der Waals surface area contributed by atoms with E-state index in [1.165, 1.54) is 6.07 Å². The average Bonchev–Trinajstić information content (AvgIpc) is 3.04. The van der Waals surface area contributed by atoms with E-state index in [4.69, 9.17) is 6.57 Å². The predicted octanol–water partition coefficient (Wildman–Crippen LogP) is 3.79. The van der Waals surface area contributed by atoms with Gasteiger partial charge in [0.15, 0.2) is 0 Å². The van der Waals surface area contributed by atoms with Crippen LogP contribution in [0.1, 0.15) is 38.7 Å². The number of nitrogens with zero attached hydrogens (tertiary/aromatic N) is 2. The molecular weight excluding hydrogens is 228 g/mol.